The molecular weight excluding hydrogens is 244 g/mol. The Morgan fingerprint density at radius 3 is 2.37 bits per heavy atom. The van der Waals surface area contributed by atoms with Crippen LogP contribution >= 0.6 is 0 Å². The van der Waals surface area contributed by atoms with E-state index < -0.39 is 0 Å². The average molecular weight is 272 g/mol. The molecular formula is C13H28N4O2. The molecule has 0 saturated heterocycles. The smallest absolute Gasteiger partial charge is 0.191 e. The maximum Gasteiger partial charge on any atom is 0.191 e. The summed E-state index contributed by atoms with van der Waals surface area (Å²) < 4.78 is 10.1. The molecule has 0 aromatic heterocycles. The van der Waals surface area contributed by atoms with Crippen LogP contribution in [0.2, 0.25) is 0 Å². The molecule has 0 unspecified atom stereocenters. The molecule has 6 nitrogen and oxygen atoms in total. The maximum atomic E-state index is 5.15. The van der Waals surface area contributed by atoms with E-state index in [2.05, 4.69) is 20.5 Å². The lowest BCUT2D eigenvalue weighted by molar-refractivity contribution is 0.144. The Hall–Kier alpha value is -0.850. The molecule has 2 N–H and O–H groups in total. The number of nitrogens with one attached hydrogen (secondary N) is 2. The first-order valence-corrected chi connectivity index (χ1v) is 6.98. The van der Waals surface area contributed by atoms with Gasteiger partial charge in [0.25, 0.3) is 0 Å². The SMILES string of the molecule is CN=C(NCCOC)NCCN(CCOC)C1CC1. The highest BCUT2D eigenvalue weighted by atomic mass is 16.5. The number of nitrogens with zero attached hydrogens (tertiary/aromatic N) is 2. The lowest BCUT2D eigenvalue weighted by atomic mass is 10.4. The van der Waals surface area contributed by atoms with E-state index >= 15 is 0 Å². The van der Waals surface area contributed by atoms with E-state index in [1.165, 1.54) is 12.8 Å². The summed E-state index contributed by atoms with van der Waals surface area (Å²) in [5.74, 6) is 0.833. The highest BCUT2D eigenvalue weighted by Crippen LogP contribution is 2.25. The van der Waals surface area contributed by atoms with Crippen LogP contribution < -0.4 is 10.6 Å². The Labute approximate surface area is 116 Å². The predicted molar refractivity (Wildman–Crippen MR) is 77.7 cm³/mol. The van der Waals surface area contributed by atoms with E-state index in [4.69, 9.17) is 9.47 Å². The fraction of sp³-hybridized carbons (Fsp3) is 0.923. The summed E-state index contributed by atoms with van der Waals surface area (Å²) in [4.78, 5) is 6.66. The van der Waals surface area contributed by atoms with Gasteiger partial charge >= 0.3 is 0 Å². The van der Waals surface area contributed by atoms with Gasteiger partial charge in [0, 0.05) is 53.5 Å². The van der Waals surface area contributed by atoms with Crippen LogP contribution in [0.3, 0.4) is 0 Å². The van der Waals surface area contributed by atoms with Gasteiger partial charge in [-0.15, -0.1) is 0 Å². The van der Waals surface area contributed by atoms with Crippen molar-refractivity contribution in [2.45, 2.75) is 18.9 Å². The monoisotopic (exact) mass is 272 g/mol. The largest absolute Gasteiger partial charge is 0.383 e. The van der Waals surface area contributed by atoms with Gasteiger partial charge in [0.15, 0.2) is 5.96 Å². The molecule has 0 heterocycles. The van der Waals surface area contributed by atoms with Crippen molar-refractivity contribution in [1.29, 1.82) is 0 Å². The first-order valence-electron chi connectivity index (χ1n) is 6.98. The molecule has 0 aromatic rings. The molecule has 1 fully saturated rings. The molecule has 0 aliphatic heterocycles. The van der Waals surface area contributed by atoms with Crippen molar-refractivity contribution in [2.75, 3.05) is 60.7 Å². The number of ether oxygens (including phenoxy) is 2. The second-order valence-electron chi connectivity index (χ2n) is 4.68. The molecule has 19 heavy (non-hydrogen) atoms. The van der Waals surface area contributed by atoms with Crippen LogP contribution in [0.4, 0.5) is 0 Å². The van der Waals surface area contributed by atoms with Crippen molar-refractivity contribution in [3.05, 3.63) is 0 Å². The molecule has 0 radical (unpaired) electrons. The maximum absolute atomic E-state index is 5.15. The predicted octanol–water partition coefficient (Wildman–Crippen LogP) is -0.0914. The molecule has 0 bridgehead atoms. The lowest BCUT2D eigenvalue weighted by Crippen LogP contribution is -2.43. The molecule has 0 atom stereocenters. The zero-order chi connectivity index (χ0) is 13.9. The molecule has 1 aliphatic rings. The van der Waals surface area contributed by atoms with E-state index in [9.17, 15) is 0 Å². The van der Waals surface area contributed by atoms with E-state index in [-0.39, 0.29) is 0 Å². The fourth-order valence-corrected chi connectivity index (χ4v) is 1.94. The fourth-order valence-electron chi connectivity index (χ4n) is 1.94. The number of hydrogen-bond donors (Lipinski definition) is 2. The van der Waals surface area contributed by atoms with Crippen LogP contribution in [0.5, 0.6) is 0 Å². The first-order chi connectivity index (χ1) is 9.31. The van der Waals surface area contributed by atoms with Gasteiger partial charge in [0.05, 0.1) is 13.2 Å². The van der Waals surface area contributed by atoms with Crippen molar-refractivity contribution < 1.29 is 9.47 Å². The van der Waals surface area contributed by atoms with Crippen LogP contribution in [-0.4, -0.2) is 77.6 Å². The number of aliphatic imine (C=N–C) groups is 1. The summed E-state index contributed by atoms with van der Waals surface area (Å²) >= 11 is 0. The van der Waals surface area contributed by atoms with Gasteiger partial charge in [0.2, 0.25) is 0 Å². The second-order valence-corrected chi connectivity index (χ2v) is 4.68. The molecule has 1 aliphatic carbocycles. The minimum atomic E-state index is 0.683. The molecule has 112 valence electrons. The topological polar surface area (TPSA) is 58.1 Å². The van der Waals surface area contributed by atoms with Crippen LogP contribution in [-0.2, 0) is 9.47 Å². The molecule has 1 rings (SSSR count). The Kier molecular flexibility index (Phi) is 8.53. The number of guanidine groups is 1. The summed E-state index contributed by atoms with van der Waals surface area (Å²) in [6.45, 7) is 5.19. The molecule has 0 amide bonds. The molecule has 0 spiro atoms. The van der Waals surface area contributed by atoms with Crippen LogP contribution in [0.1, 0.15) is 12.8 Å². The summed E-state index contributed by atoms with van der Waals surface area (Å²) in [7, 11) is 5.23. The summed E-state index contributed by atoms with van der Waals surface area (Å²) in [6.07, 6.45) is 2.65. The Morgan fingerprint density at radius 2 is 1.79 bits per heavy atom. The van der Waals surface area contributed by atoms with Crippen molar-refractivity contribution >= 4 is 5.96 Å². The zero-order valence-electron chi connectivity index (χ0n) is 12.4. The van der Waals surface area contributed by atoms with E-state index in [1.54, 1.807) is 21.3 Å². The number of methoxy groups -OCH3 is 2. The third kappa shape index (κ3) is 7.34. The van der Waals surface area contributed by atoms with Gasteiger partial charge < -0.3 is 20.1 Å². The van der Waals surface area contributed by atoms with Gasteiger partial charge in [0.1, 0.15) is 0 Å². The van der Waals surface area contributed by atoms with Crippen molar-refractivity contribution in [3.8, 4) is 0 Å². The quantitative estimate of drug-likeness (QED) is 0.331. The molecule has 0 aromatic carbocycles. The van der Waals surface area contributed by atoms with Gasteiger partial charge in [-0.05, 0) is 12.8 Å². The number of hydrogen-bond acceptors (Lipinski definition) is 4. The highest BCUT2D eigenvalue weighted by Gasteiger charge is 2.28. The standard InChI is InChI=1S/C13H28N4O2/c1-14-13(16-7-10-18-2)15-6-8-17(9-11-19-3)12-4-5-12/h12H,4-11H2,1-3H3,(H2,14,15,16). The van der Waals surface area contributed by atoms with E-state index in [1.807, 2.05) is 0 Å². The Bertz CT molecular complexity index is 257. The normalized spacial score (nSPS) is 15.9. The molecule has 6 heteroatoms. The zero-order valence-corrected chi connectivity index (χ0v) is 12.4. The average Bonchev–Trinajstić information content (AvgIpc) is 3.25. The number of rotatable bonds is 10. The van der Waals surface area contributed by atoms with Gasteiger partial charge in [-0.2, -0.15) is 0 Å². The van der Waals surface area contributed by atoms with Gasteiger partial charge in [-0.1, -0.05) is 0 Å². The minimum Gasteiger partial charge on any atom is -0.383 e. The van der Waals surface area contributed by atoms with Gasteiger partial charge in [-0.3, -0.25) is 9.89 Å². The summed E-state index contributed by atoms with van der Waals surface area (Å²) in [5, 5.41) is 6.52. The highest BCUT2D eigenvalue weighted by molar-refractivity contribution is 5.79. The third-order valence-corrected chi connectivity index (χ3v) is 3.16. The summed E-state index contributed by atoms with van der Waals surface area (Å²) in [6, 6.07) is 0.764. The third-order valence-electron chi connectivity index (χ3n) is 3.16. The van der Waals surface area contributed by atoms with Crippen LogP contribution in [0.25, 0.3) is 0 Å². The van der Waals surface area contributed by atoms with Crippen molar-refractivity contribution in [2.24, 2.45) is 4.99 Å². The van der Waals surface area contributed by atoms with E-state index in [0.717, 1.165) is 44.8 Å². The minimum absolute atomic E-state index is 0.683. The molecule has 1 saturated carbocycles. The van der Waals surface area contributed by atoms with Crippen molar-refractivity contribution in [1.82, 2.24) is 15.5 Å². The lowest BCUT2D eigenvalue weighted by Gasteiger charge is -2.22. The second kappa shape index (κ2) is 10.00. The van der Waals surface area contributed by atoms with Crippen LogP contribution in [0.15, 0.2) is 4.99 Å². The van der Waals surface area contributed by atoms with Crippen molar-refractivity contribution in [3.63, 3.8) is 0 Å². The van der Waals surface area contributed by atoms with Crippen LogP contribution in [0, 0.1) is 0 Å². The van der Waals surface area contributed by atoms with E-state index in [0.29, 0.717) is 6.61 Å². The summed E-state index contributed by atoms with van der Waals surface area (Å²) in [5.41, 5.74) is 0. The first kappa shape index (κ1) is 16.2. The van der Waals surface area contributed by atoms with Gasteiger partial charge in [-0.25, -0.2) is 0 Å². The Morgan fingerprint density at radius 1 is 1.11 bits per heavy atom. The Balaban J connectivity index is 2.14.